The predicted octanol–water partition coefficient (Wildman–Crippen LogP) is 4.81. The SMILES string of the molecule is CC(C)n1c(S[C@H](C)C(=O)N[C@H]2CCCC[C@H]2C)nc2cc(Cl)ccc2c1=O. The van der Waals surface area contributed by atoms with Crippen LogP contribution in [-0.4, -0.2) is 26.8 Å². The molecule has 1 aromatic heterocycles. The minimum absolute atomic E-state index is 0.000467. The summed E-state index contributed by atoms with van der Waals surface area (Å²) in [4.78, 5) is 30.4. The number of aromatic nitrogens is 2. The van der Waals surface area contributed by atoms with Crippen molar-refractivity contribution in [2.75, 3.05) is 0 Å². The molecule has 1 aliphatic rings. The maximum Gasteiger partial charge on any atom is 0.262 e. The van der Waals surface area contributed by atoms with Gasteiger partial charge in [0.25, 0.3) is 5.56 Å². The van der Waals surface area contributed by atoms with Crippen molar-refractivity contribution < 1.29 is 4.79 Å². The number of nitrogens with one attached hydrogen (secondary N) is 1. The van der Waals surface area contributed by atoms with Crippen molar-refractivity contribution in [2.45, 2.75) is 75.9 Å². The van der Waals surface area contributed by atoms with E-state index in [0.29, 0.717) is 27.0 Å². The molecule has 1 N–H and O–H groups in total. The van der Waals surface area contributed by atoms with Gasteiger partial charge in [-0.2, -0.15) is 0 Å². The van der Waals surface area contributed by atoms with E-state index in [1.165, 1.54) is 18.2 Å². The van der Waals surface area contributed by atoms with Crippen LogP contribution in [0.15, 0.2) is 28.2 Å². The molecule has 152 valence electrons. The molecule has 1 fully saturated rings. The van der Waals surface area contributed by atoms with E-state index in [1.54, 1.807) is 22.8 Å². The molecule has 1 saturated carbocycles. The smallest absolute Gasteiger partial charge is 0.262 e. The van der Waals surface area contributed by atoms with Crippen LogP contribution in [0.5, 0.6) is 0 Å². The summed E-state index contributed by atoms with van der Waals surface area (Å²) in [6.45, 7) is 7.96. The highest BCUT2D eigenvalue weighted by molar-refractivity contribution is 8.00. The van der Waals surface area contributed by atoms with Crippen LogP contribution in [0.4, 0.5) is 0 Å². The number of amides is 1. The minimum atomic E-state index is -0.345. The third kappa shape index (κ3) is 4.54. The minimum Gasteiger partial charge on any atom is -0.352 e. The second-order valence-corrected chi connectivity index (χ2v) is 9.71. The van der Waals surface area contributed by atoms with Crippen molar-refractivity contribution in [1.29, 1.82) is 0 Å². The molecule has 5 nitrogen and oxygen atoms in total. The first kappa shape index (κ1) is 21.2. The zero-order valence-corrected chi connectivity index (χ0v) is 18.4. The fraction of sp³-hybridized carbons (Fsp3) is 0.571. The highest BCUT2D eigenvalue weighted by Gasteiger charge is 2.26. The number of fused-ring (bicyclic) bond motifs is 1. The summed E-state index contributed by atoms with van der Waals surface area (Å²) in [6.07, 6.45) is 4.60. The highest BCUT2D eigenvalue weighted by Crippen LogP contribution is 2.28. The van der Waals surface area contributed by atoms with E-state index in [1.807, 2.05) is 20.8 Å². The molecule has 0 radical (unpaired) electrons. The van der Waals surface area contributed by atoms with Crippen molar-refractivity contribution in [3.8, 4) is 0 Å². The molecule has 7 heteroatoms. The average Bonchev–Trinajstić information content (AvgIpc) is 2.63. The summed E-state index contributed by atoms with van der Waals surface area (Å²) in [7, 11) is 0. The van der Waals surface area contributed by atoms with Crippen molar-refractivity contribution >= 4 is 40.2 Å². The van der Waals surface area contributed by atoms with Gasteiger partial charge in [0, 0.05) is 17.1 Å². The number of nitrogens with zero attached hydrogens (tertiary/aromatic N) is 2. The number of carbonyl (C=O) groups is 1. The lowest BCUT2D eigenvalue weighted by Gasteiger charge is -2.30. The fourth-order valence-electron chi connectivity index (χ4n) is 3.73. The number of thioether (sulfide) groups is 1. The molecular formula is C21H28ClN3O2S. The van der Waals surface area contributed by atoms with Gasteiger partial charge >= 0.3 is 0 Å². The van der Waals surface area contributed by atoms with Crippen LogP contribution in [0, 0.1) is 5.92 Å². The van der Waals surface area contributed by atoms with Gasteiger partial charge in [-0.15, -0.1) is 0 Å². The van der Waals surface area contributed by atoms with Crippen LogP contribution in [0.3, 0.4) is 0 Å². The number of carbonyl (C=O) groups excluding carboxylic acids is 1. The fourth-order valence-corrected chi connectivity index (χ4v) is 4.95. The maximum atomic E-state index is 13.0. The van der Waals surface area contributed by atoms with E-state index in [2.05, 4.69) is 17.2 Å². The maximum absolute atomic E-state index is 13.0. The molecule has 0 saturated heterocycles. The molecule has 2 aromatic rings. The zero-order chi connectivity index (χ0) is 20.4. The van der Waals surface area contributed by atoms with E-state index in [0.717, 1.165) is 19.3 Å². The number of hydrogen-bond donors (Lipinski definition) is 1. The zero-order valence-electron chi connectivity index (χ0n) is 16.9. The monoisotopic (exact) mass is 421 g/mol. The molecular weight excluding hydrogens is 394 g/mol. The van der Waals surface area contributed by atoms with Crippen LogP contribution in [0.2, 0.25) is 5.02 Å². The summed E-state index contributed by atoms with van der Waals surface area (Å²) in [5, 5.41) is 4.48. The van der Waals surface area contributed by atoms with E-state index < -0.39 is 0 Å². The molecule has 0 bridgehead atoms. The van der Waals surface area contributed by atoms with Crippen LogP contribution in [-0.2, 0) is 4.79 Å². The first-order chi connectivity index (χ1) is 13.3. The van der Waals surface area contributed by atoms with Crippen molar-refractivity contribution in [2.24, 2.45) is 5.92 Å². The van der Waals surface area contributed by atoms with Gasteiger partial charge in [0.15, 0.2) is 5.16 Å². The Kier molecular flexibility index (Phi) is 6.71. The lowest BCUT2D eigenvalue weighted by atomic mass is 9.86. The van der Waals surface area contributed by atoms with Crippen molar-refractivity contribution in [3.05, 3.63) is 33.6 Å². The first-order valence-corrected chi connectivity index (χ1v) is 11.2. The largest absolute Gasteiger partial charge is 0.352 e. The average molecular weight is 422 g/mol. The number of hydrogen-bond acceptors (Lipinski definition) is 4. The second kappa shape index (κ2) is 8.87. The second-order valence-electron chi connectivity index (χ2n) is 7.96. The number of rotatable bonds is 5. The molecule has 0 spiro atoms. The van der Waals surface area contributed by atoms with Crippen LogP contribution < -0.4 is 10.9 Å². The van der Waals surface area contributed by atoms with E-state index in [-0.39, 0.29) is 28.8 Å². The van der Waals surface area contributed by atoms with Gasteiger partial charge in [-0.1, -0.05) is 43.1 Å². The molecule has 1 aromatic carbocycles. The van der Waals surface area contributed by atoms with Crippen molar-refractivity contribution in [3.63, 3.8) is 0 Å². The molecule has 0 aliphatic heterocycles. The summed E-state index contributed by atoms with van der Waals surface area (Å²) in [6, 6.07) is 5.28. The van der Waals surface area contributed by atoms with Crippen LogP contribution >= 0.6 is 23.4 Å². The number of benzene rings is 1. The van der Waals surface area contributed by atoms with Crippen LogP contribution in [0.25, 0.3) is 10.9 Å². The Morgan fingerprint density at radius 3 is 2.68 bits per heavy atom. The van der Waals surface area contributed by atoms with Gasteiger partial charge < -0.3 is 5.32 Å². The lowest BCUT2D eigenvalue weighted by Crippen LogP contribution is -2.44. The highest BCUT2D eigenvalue weighted by atomic mass is 35.5. The van der Waals surface area contributed by atoms with Crippen LogP contribution in [0.1, 0.15) is 59.4 Å². The third-order valence-electron chi connectivity index (χ3n) is 5.44. The Morgan fingerprint density at radius 2 is 2.00 bits per heavy atom. The molecule has 28 heavy (non-hydrogen) atoms. The molecule has 1 heterocycles. The number of halogens is 1. The van der Waals surface area contributed by atoms with Gasteiger partial charge in [-0.3, -0.25) is 14.2 Å². The molecule has 3 atom stereocenters. The van der Waals surface area contributed by atoms with Gasteiger partial charge in [-0.05, 0) is 57.7 Å². The lowest BCUT2D eigenvalue weighted by molar-refractivity contribution is -0.121. The summed E-state index contributed by atoms with van der Waals surface area (Å²) in [5.41, 5.74) is 0.457. The van der Waals surface area contributed by atoms with E-state index in [9.17, 15) is 9.59 Å². The Balaban J connectivity index is 1.86. The normalized spacial score (nSPS) is 21.1. The molecule has 1 amide bonds. The van der Waals surface area contributed by atoms with E-state index in [4.69, 9.17) is 11.6 Å². The topological polar surface area (TPSA) is 64.0 Å². The Bertz CT molecular complexity index is 928. The third-order valence-corrected chi connectivity index (χ3v) is 6.74. The molecule has 0 unspecified atom stereocenters. The Hall–Kier alpha value is -1.53. The van der Waals surface area contributed by atoms with E-state index >= 15 is 0 Å². The standard InChI is InChI=1S/C21H28ClN3O2S/c1-12(2)25-20(27)16-10-9-15(22)11-18(16)24-21(25)28-14(4)19(26)23-17-8-6-5-7-13(17)3/h9-14,17H,5-8H2,1-4H3,(H,23,26)/t13-,14-,17+/m1/s1. The van der Waals surface area contributed by atoms with Gasteiger partial charge in [0.05, 0.1) is 16.2 Å². The predicted molar refractivity (Wildman–Crippen MR) is 116 cm³/mol. The summed E-state index contributed by atoms with van der Waals surface area (Å²) in [5.74, 6) is 0.504. The Morgan fingerprint density at radius 1 is 1.29 bits per heavy atom. The van der Waals surface area contributed by atoms with Crippen molar-refractivity contribution in [1.82, 2.24) is 14.9 Å². The molecule has 1 aliphatic carbocycles. The van der Waals surface area contributed by atoms with Gasteiger partial charge in [0.2, 0.25) is 5.91 Å². The summed E-state index contributed by atoms with van der Waals surface area (Å²) >= 11 is 7.41. The van der Waals surface area contributed by atoms with Gasteiger partial charge in [0.1, 0.15) is 0 Å². The Labute approximate surface area is 175 Å². The quantitative estimate of drug-likeness (QED) is 0.556. The van der Waals surface area contributed by atoms with Gasteiger partial charge in [-0.25, -0.2) is 4.98 Å². The first-order valence-electron chi connectivity index (χ1n) is 9.96. The summed E-state index contributed by atoms with van der Waals surface area (Å²) < 4.78 is 1.66. The molecule has 3 rings (SSSR count).